The maximum absolute atomic E-state index is 6.27. The summed E-state index contributed by atoms with van der Waals surface area (Å²) in [6.07, 6.45) is 2.76. The number of rotatable bonds is 15. The largest absolute Gasteiger partial charge is 0.370 e. The van der Waals surface area contributed by atoms with Gasteiger partial charge in [0.15, 0.2) is 5.54 Å². The van der Waals surface area contributed by atoms with Crippen molar-refractivity contribution in [3.05, 3.63) is 215 Å². The molecule has 0 amide bonds. The molecule has 0 radical (unpaired) electrons. The van der Waals surface area contributed by atoms with Gasteiger partial charge >= 0.3 is 0 Å². The Kier molecular flexibility index (Phi) is 11.0. The minimum atomic E-state index is -0.848. The van der Waals surface area contributed by atoms with Gasteiger partial charge in [-0.15, -0.1) is 15.0 Å². The van der Waals surface area contributed by atoms with Gasteiger partial charge in [0.2, 0.25) is 5.82 Å². The molecule has 2 heterocycles. The predicted molar refractivity (Wildman–Crippen MR) is 223 cm³/mol. The lowest BCUT2D eigenvalue weighted by Gasteiger charge is -2.34. The average molecular weight is 735 g/mol. The summed E-state index contributed by atoms with van der Waals surface area (Å²) in [6, 6.07) is 58.8. The van der Waals surface area contributed by atoms with Crippen LogP contribution in [0, 0.1) is 0 Å². The van der Waals surface area contributed by atoms with Crippen molar-refractivity contribution in [2.75, 3.05) is 0 Å². The standard InChI is InChI=1S/C49H46N6O/c1-3-19-46-45(47(54(4-2)51-46)36-56-35-38-20-9-5-10-21-38)34-37-30-32-39(33-31-37)43-28-17-18-29-44(43)48-50-53-55(52-48)49(40-22-11-6-12-23-40,41-24-13-7-14-25-41)42-26-15-8-16-27-42/h5-18,20-33H,3-4,19,34-36H2,1-2H3. The molecule has 6 aromatic carbocycles. The van der Waals surface area contributed by atoms with Crippen LogP contribution >= 0.6 is 0 Å². The first kappa shape index (κ1) is 36.5. The average Bonchev–Trinajstić information content (AvgIpc) is 3.88. The van der Waals surface area contributed by atoms with Crippen molar-refractivity contribution < 1.29 is 4.74 Å². The number of aromatic nitrogens is 6. The van der Waals surface area contributed by atoms with Crippen LogP contribution in [0.4, 0.5) is 0 Å². The zero-order chi connectivity index (χ0) is 38.2. The first-order valence-electron chi connectivity index (χ1n) is 19.5. The van der Waals surface area contributed by atoms with Crippen LogP contribution in [-0.2, 0) is 42.9 Å². The normalized spacial score (nSPS) is 11.5. The van der Waals surface area contributed by atoms with Crippen molar-refractivity contribution in [2.45, 2.75) is 58.4 Å². The molecule has 0 bridgehead atoms. The molecule has 0 fully saturated rings. The monoisotopic (exact) mass is 734 g/mol. The van der Waals surface area contributed by atoms with E-state index >= 15 is 0 Å². The molecular formula is C49H46N6O. The fourth-order valence-corrected chi connectivity index (χ4v) is 7.78. The van der Waals surface area contributed by atoms with Crippen molar-refractivity contribution in [2.24, 2.45) is 0 Å². The number of nitrogens with zero attached hydrogens (tertiary/aromatic N) is 6. The molecule has 0 unspecified atom stereocenters. The fourth-order valence-electron chi connectivity index (χ4n) is 7.78. The van der Waals surface area contributed by atoms with E-state index in [1.165, 1.54) is 16.7 Å². The van der Waals surface area contributed by atoms with Crippen molar-refractivity contribution in [1.82, 2.24) is 30.0 Å². The summed E-state index contributed by atoms with van der Waals surface area (Å²) in [5.41, 5.74) is 11.3. The molecule has 2 aromatic heterocycles. The lowest BCUT2D eigenvalue weighted by molar-refractivity contribution is 0.101. The highest BCUT2D eigenvalue weighted by molar-refractivity contribution is 5.80. The number of tetrazole rings is 1. The third-order valence-electron chi connectivity index (χ3n) is 10.5. The lowest BCUT2D eigenvalue weighted by atomic mass is 9.77. The number of ether oxygens (including phenoxy) is 1. The van der Waals surface area contributed by atoms with Crippen LogP contribution in [0.25, 0.3) is 22.5 Å². The first-order valence-corrected chi connectivity index (χ1v) is 19.5. The Morgan fingerprint density at radius 2 is 1.11 bits per heavy atom. The highest BCUT2D eigenvalue weighted by Crippen LogP contribution is 2.40. The SMILES string of the molecule is CCCc1nn(CC)c(COCc2ccccc2)c1Cc1ccc(-c2ccccc2-c2nnn(C(c3ccccc3)(c3ccccc3)c3ccccc3)n2)cc1. The molecule has 0 saturated carbocycles. The molecule has 8 rings (SSSR count). The summed E-state index contributed by atoms with van der Waals surface area (Å²) in [5.74, 6) is 0.563. The summed E-state index contributed by atoms with van der Waals surface area (Å²) >= 11 is 0. The highest BCUT2D eigenvalue weighted by Gasteiger charge is 2.41. The van der Waals surface area contributed by atoms with Gasteiger partial charge in [-0.3, -0.25) is 4.68 Å². The minimum Gasteiger partial charge on any atom is -0.370 e. The van der Waals surface area contributed by atoms with Gasteiger partial charge in [-0.25, -0.2) is 0 Å². The number of hydrogen-bond donors (Lipinski definition) is 0. The van der Waals surface area contributed by atoms with E-state index in [0.29, 0.717) is 19.0 Å². The van der Waals surface area contributed by atoms with Gasteiger partial charge in [-0.2, -0.15) is 5.10 Å². The van der Waals surface area contributed by atoms with Crippen molar-refractivity contribution >= 4 is 0 Å². The predicted octanol–water partition coefficient (Wildman–Crippen LogP) is 10.3. The van der Waals surface area contributed by atoms with E-state index in [2.05, 4.69) is 158 Å². The van der Waals surface area contributed by atoms with Crippen LogP contribution in [0.3, 0.4) is 0 Å². The van der Waals surface area contributed by atoms with E-state index in [1.54, 1.807) is 4.80 Å². The van der Waals surface area contributed by atoms with E-state index < -0.39 is 5.54 Å². The first-order chi connectivity index (χ1) is 27.7. The van der Waals surface area contributed by atoms with Gasteiger partial charge in [0, 0.05) is 24.1 Å². The van der Waals surface area contributed by atoms with E-state index in [4.69, 9.17) is 25.2 Å². The molecular weight excluding hydrogens is 689 g/mol. The van der Waals surface area contributed by atoms with E-state index in [-0.39, 0.29) is 0 Å². The van der Waals surface area contributed by atoms with Crippen molar-refractivity contribution in [1.29, 1.82) is 0 Å². The van der Waals surface area contributed by atoms with Crippen LogP contribution in [0.2, 0.25) is 0 Å². The van der Waals surface area contributed by atoms with Crippen LogP contribution in [0.5, 0.6) is 0 Å². The Bertz CT molecular complexity index is 2360. The van der Waals surface area contributed by atoms with E-state index in [0.717, 1.165) is 70.6 Å². The third kappa shape index (κ3) is 7.33. The van der Waals surface area contributed by atoms with Crippen LogP contribution in [-0.4, -0.2) is 30.0 Å². The third-order valence-corrected chi connectivity index (χ3v) is 10.5. The number of benzene rings is 6. The molecule has 56 heavy (non-hydrogen) atoms. The van der Waals surface area contributed by atoms with Crippen LogP contribution in [0.1, 0.15) is 65.0 Å². The highest BCUT2D eigenvalue weighted by atomic mass is 16.5. The Balaban J connectivity index is 1.12. The number of aryl methyl sites for hydroxylation is 2. The van der Waals surface area contributed by atoms with Gasteiger partial charge < -0.3 is 4.74 Å². The van der Waals surface area contributed by atoms with Gasteiger partial charge in [-0.05, 0) is 57.5 Å². The topological polar surface area (TPSA) is 70.7 Å². The smallest absolute Gasteiger partial charge is 0.205 e. The fraction of sp³-hybridized carbons (Fsp3) is 0.184. The molecule has 7 nitrogen and oxygen atoms in total. The van der Waals surface area contributed by atoms with Gasteiger partial charge in [0.05, 0.1) is 24.6 Å². The van der Waals surface area contributed by atoms with Crippen LogP contribution < -0.4 is 0 Å². The van der Waals surface area contributed by atoms with E-state index in [9.17, 15) is 0 Å². The molecule has 0 spiro atoms. The molecule has 0 aliphatic heterocycles. The van der Waals surface area contributed by atoms with Gasteiger partial charge in [0.25, 0.3) is 0 Å². The minimum absolute atomic E-state index is 0.522. The Hall–Kier alpha value is -6.44. The maximum Gasteiger partial charge on any atom is 0.205 e. The summed E-state index contributed by atoms with van der Waals surface area (Å²) in [5, 5.41) is 19.8. The zero-order valence-corrected chi connectivity index (χ0v) is 32.0. The lowest BCUT2D eigenvalue weighted by Crippen LogP contribution is -2.39. The molecule has 0 saturated heterocycles. The molecule has 7 heteroatoms. The Morgan fingerprint density at radius 3 is 1.68 bits per heavy atom. The molecule has 278 valence electrons. The Labute approximate surface area is 329 Å². The second-order valence-corrected chi connectivity index (χ2v) is 14.0. The van der Waals surface area contributed by atoms with Crippen LogP contribution in [0.15, 0.2) is 170 Å². The molecule has 0 aliphatic carbocycles. The van der Waals surface area contributed by atoms with E-state index in [1.807, 2.05) is 30.3 Å². The molecule has 8 aromatic rings. The second kappa shape index (κ2) is 16.9. The second-order valence-electron chi connectivity index (χ2n) is 14.0. The number of hydrogen-bond acceptors (Lipinski definition) is 5. The zero-order valence-electron chi connectivity index (χ0n) is 32.0. The molecule has 0 aliphatic rings. The summed E-state index contributed by atoms with van der Waals surface area (Å²) in [6.45, 7) is 6.26. The molecule has 0 atom stereocenters. The quantitative estimate of drug-likeness (QED) is 0.0981. The maximum atomic E-state index is 6.27. The van der Waals surface area contributed by atoms with Crippen molar-refractivity contribution in [3.8, 4) is 22.5 Å². The summed E-state index contributed by atoms with van der Waals surface area (Å²) < 4.78 is 8.39. The van der Waals surface area contributed by atoms with Crippen molar-refractivity contribution in [3.63, 3.8) is 0 Å². The summed E-state index contributed by atoms with van der Waals surface area (Å²) in [4.78, 5) is 1.79. The molecule has 0 N–H and O–H groups in total. The summed E-state index contributed by atoms with van der Waals surface area (Å²) in [7, 11) is 0. The van der Waals surface area contributed by atoms with Gasteiger partial charge in [-0.1, -0.05) is 183 Å². The Morgan fingerprint density at radius 1 is 0.554 bits per heavy atom. The van der Waals surface area contributed by atoms with Gasteiger partial charge in [0.1, 0.15) is 0 Å².